The topological polar surface area (TPSA) is 83.8 Å². The third kappa shape index (κ3) is 14.4. The number of ether oxygens (including phenoxy) is 1. The monoisotopic (exact) mass is 286 g/mol. The van der Waals surface area contributed by atoms with Crippen molar-refractivity contribution in [3.8, 4) is 0 Å². The Morgan fingerprint density at radius 3 is 1.65 bits per heavy atom. The minimum Gasteiger partial charge on any atom is -0.478 e. The Balaban J connectivity index is 0. The molecule has 0 amide bonds. The summed E-state index contributed by atoms with van der Waals surface area (Å²) in [5.41, 5.74) is 0.627. The molecule has 0 saturated heterocycles. The molecule has 5 heteroatoms. The van der Waals surface area contributed by atoms with Crippen LogP contribution in [0.1, 0.15) is 46.5 Å². The zero-order chi connectivity index (χ0) is 16.1. The zero-order valence-electron chi connectivity index (χ0n) is 12.6. The van der Waals surface area contributed by atoms with Crippen LogP contribution in [-0.4, -0.2) is 34.9 Å². The maximum Gasteiger partial charge on any atom is 0.333 e. The number of aliphatic hydroxyl groups is 1. The summed E-state index contributed by atoms with van der Waals surface area (Å²) in [6.45, 7) is 11.8. The van der Waals surface area contributed by atoms with Gasteiger partial charge in [0.05, 0.1) is 12.7 Å². The van der Waals surface area contributed by atoms with E-state index in [1.165, 1.54) is 19.8 Å². The second-order valence-electron chi connectivity index (χ2n) is 4.52. The van der Waals surface area contributed by atoms with Crippen LogP contribution in [0.2, 0.25) is 0 Å². The molecule has 1 saturated carbocycles. The second-order valence-corrected chi connectivity index (χ2v) is 4.52. The molecule has 0 unspecified atom stereocenters. The summed E-state index contributed by atoms with van der Waals surface area (Å²) < 4.78 is 4.56. The van der Waals surface area contributed by atoms with Crippen molar-refractivity contribution in [2.75, 3.05) is 6.61 Å². The number of carboxylic acids is 1. The summed E-state index contributed by atoms with van der Waals surface area (Å²) in [4.78, 5) is 20.0. The Bertz CT molecular complexity index is 315. The molecule has 0 aromatic heterocycles. The summed E-state index contributed by atoms with van der Waals surface area (Å²) in [6.07, 6.45) is 4.60. The number of carbonyl (C=O) groups excluding carboxylic acids is 1. The number of aliphatic carboxylic acids is 1. The minimum atomic E-state index is -0.935. The number of hydrogen-bond donors (Lipinski definition) is 2. The lowest BCUT2D eigenvalue weighted by atomic mass is 10.3. The van der Waals surface area contributed by atoms with E-state index in [2.05, 4.69) is 17.9 Å². The molecule has 2 N–H and O–H groups in total. The maximum atomic E-state index is 10.4. The third-order valence-corrected chi connectivity index (χ3v) is 2.31. The molecular weight excluding hydrogens is 260 g/mol. The fourth-order valence-corrected chi connectivity index (χ4v) is 1.16. The Morgan fingerprint density at radius 2 is 1.55 bits per heavy atom. The van der Waals surface area contributed by atoms with E-state index in [-0.39, 0.29) is 17.6 Å². The number of aliphatic hydroxyl groups excluding tert-OH is 1. The molecule has 1 aliphatic rings. The summed E-state index contributed by atoms with van der Waals surface area (Å²) >= 11 is 0. The molecule has 0 atom stereocenters. The minimum absolute atomic E-state index is 0.0463. The van der Waals surface area contributed by atoms with Crippen LogP contribution in [0.4, 0.5) is 0 Å². The highest BCUT2D eigenvalue weighted by atomic mass is 16.5. The van der Waals surface area contributed by atoms with Gasteiger partial charge in [-0.15, -0.1) is 0 Å². The van der Waals surface area contributed by atoms with Gasteiger partial charge < -0.3 is 14.9 Å². The zero-order valence-corrected chi connectivity index (χ0v) is 12.6. The smallest absolute Gasteiger partial charge is 0.333 e. The molecule has 0 aromatic carbocycles. The fourth-order valence-electron chi connectivity index (χ4n) is 1.16. The molecule has 0 heterocycles. The van der Waals surface area contributed by atoms with Gasteiger partial charge in [-0.1, -0.05) is 26.0 Å². The van der Waals surface area contributed by atoms with Crippen molar-refractivity contribution in [1.29, 1.82) is 0 Å². The van der Waals surface area contributed by atoms with Crippen molar-refractivity contribution >= 4 is 11.9 Å². The molecule has 0 spiro atoms. The molecular formula is C15H26O5. The molecule has 0 aliphatic heterocycles. The van der Waals surface area contributed by atoms with Crippen LogP contribution >= 0.6 is 0 Å². The first kappa shape index (κ1) is 20.7. The first-order chi connectivity index (χ1) is 9.22. The van der Waals surface area contributed by atoms with Gasteiger partial charge in [-0.25, -0.2) is 9.59 Å². The highest BCUT2D eigenvalue weighted by Gasteiger charge is 2.09. The van der Waals surface area contributed by atoms with Gasteiger partial charge in [0.15, 0.2) is 0 Å². The van der Waals surface area contributed by atoms with E-state index in [0.29, 0.717) is 12.2 Å². The highest BCUT2D eigenvalue weighted by molar-refractivity contribution is 5.86. The van der Waals surface area contributed by atoms with E-state index in [0.717, 1.165) is 12.8 Å². The summed E-state index contributed by atoms with van der Waals surface area (Å²) in [5, 5.41) is 16.6. The van der Waals surface area contributed by atoms with E-state index in [1.807, 2.05) is 0 Å². The second kappa shape index (κ2) is 12.4. The van der Waals surface area contributed by atoms with Crippen LogP contribution in [-0.2, 0) is 14.3 Å². The van der Waals surface area contributed by atoms with E-state index in [1.54, 1.807) is 13.8 Å². The predicted molar refractivity (Wildman–Crippen MR) is 78.4 cm³/mol. The SMILES string of the molecule is C=C(C)C(=O)O.C=C(C)C(=O)OCC.OC1CCCC1. The van der Waals surface area contributed by atoms with Gasteiger partial charge in [0.2, 0.25) is 0 Å². The maximum absolute atomic E-state index is 10.4. The largest absolute Gasteiger partial charge is 0.478 e. The van der Waals surface area contributed by atoms with Gasteiger partial charge in [-0.2, -0.15) is 0 Å². The van der Waals surface area contributed by atoms with Crippen molar-refractivity contribution in [2.45, 2.75) is 52.6 Å². The number of rotatable bonds is 3. The molecule has 0 bridgehead atoms. The molecule has 0 radical (unpaired) electrons. The van der Waals surface area contributed by atoms with Crippen LogP contribution in [0.25, 0.3) is 0 Å². The van der Waals surface area contributed by atoms with Crippen molar-refractivity contribution in [1.82, 2.24) is 0 Å². The summed E-state index contributed by atoms with van der Waals surface area (Å²) in [7, 11) is 0. The van der Waals surface area contributed by atoms with E-state index >= 15 is 0 Å². The van der Waals surface area contributed by atoms with Gasteiger partial charge in [0, 0.05) is 11.1 Å². The molecule has 1 fully saturated rings. The van der Waals surface area contributed by atoms with Crippen molar-refractivity contribution in [3.05, 3.63) is 24.3 Å². The van der Waals surface area contributed by atoms with Gasteiger partial charge in [-0.05, 0) is 33.6 Å². The van der Waals surface area contributed by atoms with E-state index < -0.39 is 5.97 Å². The van der Waals surface area contributed by atoms with Gasteiger partial charge in [0.25, 0.3) is 0 Å². The first-order valence-corrected chi connectivity index (χ1v) is 6.61. The number of esters is 1. The molecule has 1 rings (SSSR count). The quantitative estimate of drug-likeness (QED) is 0.615. The lowest BCUT2D eigenvalue weighted by Crippen LogP contribution is -2.03. The number of carboxylic acid groups (broad SMARTS) is 1. The molecule has 1 aliphatic carbocycles. The number of hydrogen-bond acceptors (Lipinski definition) is 4. The first-order valence-electron chi connectivity index (χ1n) is 6.61. The third-order valence-electron chi connectivity index (χ3n) is 2.31. The van der Waals surface area contributed by atoms with Crippen LogP contribution < -0.4 is 0 Å². The Morgan fingerprint density at radius 1 is 1.15 bits per heavy atom. The molecule has 116 valence electrons. The Hall–Kier alpha value is -1.62. The van der Waals surface area contributed by atoms with Gasteiger partial charge in [-0.3, -0.25) is 0 Å². The Labute approximate surface area is 121 Å². The predicted octanol–water partition coefficient (Wildman–Crippen LogP) is 2.69. The summed E-state index contributed by atoms with van der Waals surface area (Å²) in [5.74, 6) is -1.25. The van der Waals surface area contributed by atoms with Crippen LogP contribution in [0, 0.1) is 0 Å². The van der Waals surface area contributed by atoms with Gasteiger partial charge in [0.1, 0.15) is 0 Å². The van der Waals surface area contributed by atoms with E-state index in [9.17, 15) is 9.59 Å². The van der Waals surface area contributed by atoms with Crippen molar-refractivity contribution < 1.29 is 24.5 Å². The normalized spacial score (nSPS) is 13.2. The van der Waals surface area contributed by atoms with Crippen molar-refractivity contribution in [2.24, 2.45) is 0 Å². The van der Waals surface area contributed by atoms with Crippen molar-refractivity contribution in [3.63, 3.8) is 0 Å². The average molecular weight is 286 g/mol. The fraction of sp³-hybridized carbons (Fsp3) is 0.600. The van der Waals surface area contributed by atoms with Crippen LogP contribution in [0.15, 0.2) is 24.3 Å². The van der Waals surface area contributed by atoms with Crippen LogP contribution in [0.3, 0.4) is 0 Å². The summed E-state index contributed by atoms with van der Waals surface area (Å²) in [6, 6.07) is 0. The molecule has 5 nitrogen and oxygen atoms in total. The van der Waals surface area contributed by atoms with E-state index in [4.69, 9.17) is 10.2 Å². The molecule has 0 aromatic rings. The van der Waals surface area contributed by atoms with Crippen LogP contribution in [0.5, 0.6) is 0 Å². The average Bonchev–Trinajstić information content (AvgIpc) is 2.82. The highest BCUT2D eigenvalue weighted by Crippen LogP contribution is 2.16. The Kier molecular flexibility index (Phi) is 12.8. The molecule has 20 heavy (non-hydrogen) atoms. The standard InChI is InChI=1S/C6H10O2.C5H10O.C4H6O2/c1-4-8-6(7)5(2)3;6-5-3-1-2-4-5;1-3(2)4(5)6/h2,4H2,1,3H3;5-6H,1-4H2;1H2,2H3,(H,5,6). The van der Waals surface area contributed by atoms with Gasteiger partial charge >= 0.3 is 11.9 Å². The lowest BCUT2D eigenvalue weighted by Gasteiger charge is -1.96. The number of carbonyl (C=O) groups is 2. The lowest BCUT2D eigenvalue weighted by molar-refractivity contribution is -0.138.